The van der Waals surface area contributed by atoms with Gasteiger partial charge in [0.25, 0.3) is 0 Å². The van der Waals surface area contributed by atoms with E-state index in [9.17, 15) is 8.42 Å². The highest BCUT2D eigenvalue weighted by molar-refractivity contribution is 7.89. The molecule has 0 aliphatic carbocycles. The van der Waals surface area contributed by atoms with Crippen molar-refractivity contribution < 1.29 is 8.42 Å². The molecular weight excluding hydrogens is 224 g/mol. The average Bonchev–Trinajstić information content (AvgIpc) is 2.44. The molecule has 16 heavy (non-hydrogen) atoms. The van der Waals surface area contributed by atoms with E-state index in [1.807, 2.05) is 20.8 Å². The summed E-state index contributed by atoms with van der Waals surface area (Å²) in [5, 5.41) is 0. The molecular formula is C11H20N2O2S. The molecule has 92 valence electrons. The van der Waals surface area contributed by atoms with Gasteiger partial charge in [0.05, 0.1) is 5.75 Å². The highest BCUT2D eigenvalue weighted by Crippen LogP contribution is 2.09. The molecule has 4 nitrogen and oxygen atoms in total. The van der Waals surface area contributed by atoms with Gasteiger partial charge in [0.1, 0.15) is 0 Å². The van der Waals surface area contributed by atoms with E-state index >= 15 is 0 Å². The van der Waals surface area contributed by atoms with Crippen LogP contribution in [0.15, 0.2) is 6.07 Å². The maximum Gasteiger partial charge on any atom is 0.211 e. The summed E-state index contributed by atoms with van der Waals surface area (Å²) in [6, 6.07) is 2.06. The highest BCUT2D eigenvalue weighted by Gasteiger charge is 2.08. The third kappa shape index (κ3) is 3.98. The van der Waals surface area contributed by atoms with Crippen LogP contribution in [0.5, 0.6) is 0 Å². The molecule has 1 aromatic heterocycles. The Morgan fingerprint density at radius 3 is 2.56 bits per heavy atom. The van der Waals surface area contributed by atoms with Crippen molar-refractivity contribution in [2.75, 3.05) is 12.3 Å². The van der Waals surface area contributed by atoms with E-state index in [1.165, 1.54) is 5.56 Å². The molecule has 0 saturated heterocycles. The minimum atomic E-state index is -3.07. The minimum absolute atomic E-state index is 0.206. The molecule has 0 radical (unpaired) electrons. The zero-order valence-corrected chi connectivity index (χ0v) is 10.9. The Hall–Kier alpha value is -0.810. The lowest BCUT2D eigenvalue weighted by Crippen LogP contribution is -2.28. The fourth-order valence-electron chi connectivity index (χ4n) is 1.72. The molecule has 0 aliphatic rings. The molecule has 2 N–H and O–H groups in total. The first kappa shape index (κ1) is 13.3. The van der Waals surface area contributed by atoms with Crippen molar-refractivity contribution in [2.24, 2.45) is 0 Å². The summed E-state index contributed by atoms with van der Waals surface area (Å²) in [6.07, 6.45) is 1.39. The Bertz CT molecular complexity index is 435. The van der Waals surface area contributed by atoms with Crippen LogP contribution in [-0.2, 0) is 16.4 Å². The molecule has 0 saturated carbocycles. The van der Waals surface area contributed by atoms with Crippen LogP contribution in [0.2, 0.25) is 0 Å². The molecule has 1 rings (SSSR count). The van der Waals surface area contributed by atoms with Crippen LogP contribution in [0.1, 0.15) is 30.3 Å². The van der Waals surface area contributed by atoms with Crippen molar-refractivity contribution in [3.63, 3.8) is 0 Å². The van der Waals surface area contributed by atoms with Gasteiger partial charge in [-0.1, -0.05) is 6.92 Å². The number of aromatic nitrogens is 1. The zero-order chi connectivity index (χ0) is 12.2. The fraction of sp³-hybridized carbons (Fsp3) is 0.636. The molecule has 0 bridgehead atoms. The molecule has 1 heterocycles. The third-order valence-corrected chi connectivity index (χ3v) is 4.04. The Labute approximate surface area is 97.5 Å². The third-order valence-electron chi connectivity index (χ3n) is 2.45. The van der Waals surface area contributed by atoms with Gasteiger partial charge in [-0.15, -0.1) is 0 Å². The van der Waals surface area contributed by atoms with Gasteiger partial charge in [-0.2, -0.15) is 0 Å². The summed E-state index contributed by atoms with van der Waals surface area (Å²) in [7, 11) is -3.07. The lowest BCUT2D eigenvalue weighted by atomic mass is 10.2. The number of nitrogens with one attached hydrogen (secondary N) is 2. The molecule has 0 amide bonds. The second-order valence-corrected chi connectivity index (χ2v) is 5.99. The van der Waals surface area contributed by atoms with Crippen molar-refractivity contribution in [3.05, 3.63) is 23.0 Å². The minimum Gasteiger partial charge on any atom is -0.362 e. The quantitative estimate of drug-likeness (QED) is 0.796. The summed E-state index contributed by atoms with van der Waals surface area (Å²) in [6.45, 7) is 6.33. The summed E-state index contributed by atoms with van der Waals surface area (Å²) >= 11 is 0. The highest BCUT2D eigenvalue weighted by atomic mass is 32.2. The topological polar surface area (TPSA) is 62.0 Å². The van der Waals surface area contributed by atoms with E-state index in [0.29, 0.717) is 13.0 Å². The number of aryl methyl sites for hydroxylation is 2. The van der Waals surface area contributed by atoms with Crippen LogP contribution in [-0.4, -0.2) is 25.7 Å². The van der Waals surface area contributed by atoms with Crippen molar-refractivity contribution >= 4 is 10.0 Å². The second-order valence-electron chi connectivity index (χ2n) is 4.07. The monoisotopic (exact) mass is 244 g/mol. The summed E-state index contributed by atoms with van der Waals surface area (Å²) in [5.74, 6) is 0.206. The maximum absolute atomic E-state index is 11.4. The smallest absolute Gasteiger partial charge is 0.211 e. The molecule has 0 fully saturated rings. The van der Waals surface area contributed by atoms with Crippen LogP contribution < -0.4 is 4.72 Å². The lowest BCUT2D eigenvalue weighted by Gasteiger charge is -2.04. The molecule has 0 unspecified atom stereocenters. The van der Waals surface area contributed by atoms with E-state index in [4.69, 9.17) is 0 Å². The number of rotatable bonds is 6. The van der Waals surface area contributed by atoms with Gasteiger partial charge in [-0.25, -0.2) is 13.1 Å². The SMILES string of the molecule is CCCS(=O)(=O)NCCc1cc(C)[nH]c1C. The first-order valence-electron chi connectivity index (χ1n) is 5.57. The molecule has 0 spiro atoms. The first-order valence-corrected chi connectivity index (χ1v) is 7.22. The van der Waals surface area contributed by atoms with Crippen molar-refractivity contribution in [1.82, 2.24) is 9.71 Å². The Morgan fingerprint density at radius 2 is 2.06 bits per heavy atom. The fourth-order valence-corrected chi connectivity index (χ4v) is 2.82. The summed E-state index contributed by atoms with van der Waals surface area (Å²) < 4.78 is 25.4. The van der Waals surface area contributed by atoms with Gasteiger partial charge < -0.3 is 4.98 Å². The van der Waals surface area contributed by atoms with Crippen LogP contribution in [0.3, 0.4) is 0 Å². The van der Waals surface area contributed by atoms with Gasteiger partial charge in [-0.05, 0) is 38.3 Å². The Morgan fingerprint density at radius 1 is 1.38 bits per heavy atom. The molecule has 0 atom stereocenters. The average molecular weight is 244 g/mol. The number of aromatic amines is 1. The predicted molar refractivity (Wildman–Crippen MR) is 66.1 cm³/mol. The molecule has 1 aromatic rings. The standard InChI is InChI=1S/C11H20N2O2S/c1-4-7-16(14,15)12-6-5-11-8-9(2)13-10(11)3/h8,12-13H,4-7H2,1-3H3. The zero-order valence-electron chi connectivity index (χ0n) is 10.1. The van der Waals surface area contributed by atoms with E-state index in [-0.39, 0.29) is 5.75 Å². The lowest BCUT2D eigenvalue weighted by molar-refractivity contribution is 0.580. The number of hydrogen-bond donors (Lipinski definition) is 2. The summed E-state index contributed by atoms with van der Waals surface area (Å²) in [5.41, 5.74) is 3.41. The van der Waals surface area contributed by atoms with E-state index < -0.39 is 10.0 Å². The number of H-pyrrole nitrogens is 1. The van der Waals surface area contributed by atoms with Crippen molar-refractivity contribution in [1.29, 1.82) is 0 Å². The van der Waals surface area contributed by atoms with Gasteiger partial charge in [0.2, 0.25) is 10.0 Å². The van der Waals surface area contributed by atoms with Gasteiger partial charge in [0, 0.05) is 17.9 Å². The van der Waals surface area contributed by atoms with Gasteiger partial charge in [0.15, 0.2) is 0 Å². The van der Waals surface area contributed by atoms with Gasteiger partial charge in [-0.3, -0.25) is 0 Å². The van der Waals surface area contributed by atoms with Crippen LogP contribution >= 0.6 is 0 Å². The summed E-state index contributed by atoms with van der Waals surface area (Å²) in [4.78, 5) is 3.20. The molecule has 5 heteroatoms. The van der Waals surface area contributed by atoms with Gasteiger partial charge >= 0.3 is 0 Å². The van der Waals surface area contributed by atoms with E-state index in [0.717, 1.165) is 17.8 Å². The molecule has 0 aromatic carbocycles. The Balaban J connectivity index is 2.45. The van der Waals surface area contributed by atoms with Crippen molar-refractivity contribution in [3.8, 4) is 0 Å². The number of hydrogen-bond acceptors (Lipinski definition) is 2. The predicted octanol–water partition coefficient (Wildman–Crippen LogP) is 1.50. The van der Waals surface area contributed by atoms with E-state index in [2.05, 4.69) is 15.8 Å². The maximum atomic E-state index is 11.4. The molecule has 0 aliphatic heterocycles. The van der Waals surface area contributed by atoms with Crippen LogP contribution in [0.4, 0.5) is 0 Å². The van der Waals surface area contributed by atoms with Crippen molar-refractivity contribution in [2.45, 2.75) is 33.6 Å². The Kier molecular flexibility index (Phi) is 4.56. The first-order chi connectivity index (χ1) is 7.44. The second kappa shape index (κ2) is 5.50. The number of sulfonamides is 1. The normalized spacial score (nSPS) is 11.9. The van der Waals surface area contributed by atoms with Crippen LogP contribution in [0.25, 0.3) is 0 Å². The largest absolute Gasteiger partial charge is 0.362 e. The van der Waals surface area contributed by atoms with E-state index in [1.54, 1.807) is 0 Å². The van der Waals surface area contributed by atoms with Crippen LogP contribution in [0, 0.1) is 13.8 Å².